The summed E-state index contributed by atoms with van der Waals surface area (Å²) >= 11 is 1.66. The third-order valence-electron chi connectivity index (χ3n) is 2.71. The molecule has 2 aromatic rings. The Kier molecular flexibility index (Phi) is 3.93. The molecule has 0 bridgehead atoms. The lowest BCUT2D eigenvalue weighted by atomic mass is 10.2. The predicted octanol–water partition coefficient (Wildman–Crippen LogP) is 2.54. The summed E-state index contributed by atoms with van der Waals surface area (Å²) in [7, 11) is 2.01. The Hall–Kier alpha value is -1.46. The van der Waals surface area contributed by atoms with Crippen LogP contribution in [0.25, 0.3) is 0 Å². The molecule has 0 radical (unpaired) electrons. The Morgan fingerprint density at radius 2 is 2.22 bits per heavy atom. The topological polar surface area (TPSA) is 49.2 Å². The van der Waals surface area contributed by atoms with E-state index in [1.165, 1.54) is 0 Å². The highest BCUT2D eigenvalue weighted by atomic mass is 32.1. The summed E-state index contributed by atoms with van der Waals surface area (Å²) in [5.74, 6) is 0. The van der Waals surface area contributed by atoms with Crippen LogP contribution in [-0.4, -0.2) is 22.1 Å². The smallest absolute Gasteiger partial charge is 0.0931 e. The average Bonchev–Trinajstić information content (AvgIpc) is 2.75. The molecular formula is C13H17N3OS. The van der Waals surface area contributed by atoms with Gasteiger partial charge in [0.15, 0.2) is 0 Å². The minimum absolute atomic E-state index is 0.523. The molecule has 0 aromatic carbocycles. The van der Waals surface area contributed by atoms with E-state index in [2.05, 4.69) is 20.2 Å². The predicted molar refractivity (Wildman–Crippen MR) is 73.8 cm³/mol. The molecule has 0 fully saturated rings. The molecule has 2 heterocycles. The van der Waals surface area contributed by atoms with Gasteiger partial charge in [-0.3, -0.25) is 4.98 Å². The molecule has 18 heavy (non-hydrogen) atoms. The minimum atomic E-state index is -0.523. The van der Waals surface area contributed by atoms with E-state index in [-0.39, 0.29) is 0 Å². The van der Waals surface area contributed by atoms with Gasteiger partial charge < -0.3 is 10.0 Å². The molecule has 5 heteroatoms. The van der Waals surface area contributed by atoms with Gasteiger partial charge in [0.1, 0.15) is 0 Å². The van der Waals surface area contributed by atoms with E-state index in [4.69, 9.17) is 0 Å². The molecule has 0 spiro atoms. The van der Waals surface area contributed by atoms with Crippen LogP contribution in [0.5, 0.6) is 0 Å². The van der Waals surface area contributed by atoms with Crippen molar-refractivity contribution in [1.82, 2.24) is 9.97 Å². The molecule has 2 aromatic heterocycles. The molecule has 0 saturated carbocycles. The molecule has 1 atom stereocenters. The number of thiazole rings is 1. The van der Waals surface area contributed by atoms with Crippen molar-refractivity contribution in [2.75, 3.05) is 11.9 Å². The zero-order chi connectivity index (χ0) is 13.1. The highest BCUT2D eigenvalue weighted by Gasteiger charge is 2.07. The maximum Gasteiger partial charge on any atom is 0.0931 e. The average molecular weight is 263 g/mol. The van der Waals surface area contributed by atoms with E-state index in [0.717, 1.165) is 22.9 Å². The molecular weight excluding hydrogens is 246 g/mol. The zero-order valence-corrected chi connectivity index (χ0v) is 11.6. The number of hydrogen-bond acceptors (Lipinski definition) is 5. The summed E-state index contributed by atoms with van der Waals surface area (Å²) < 4.78 is 0. The van der Waals surface area contributed by atoms with E-state index < -0.39 is 6.10 Å². The second kappa shape index (κ2) is 5.46. The Balaban J connectivity index is 2.06. The molecule has 0 aliphatic heterocycles. The first kappa shape index (κ1) is 13.0. The third kappa shape index (κ3) is 3.05. The molecule has 1 N–H and O–H groups in total. The molecule has 4 nitrogen and oxygen atoms in total. The number of hydrogen-bond donors (Lipinski definition) is 1. The lowest BCUT2D eigenvalue weighted by molar-refractivity contribution is 0.194. The Morgan fingerprint density at radius 3 is 2.72 bits per heavy atom. The van der Waals surface area contributed by atoms with Gasteiger partial charge in [0, 0.05) is 12.4 Å². The number of nitrogens with zero attached hydrogens (tertiary/aromatic N) is 3. The second-order valence-electron chi connectivity index (χ2n) is 4.33. The number of aromatic nitrogens is 2. The Morgan fingerprint density at radius 1 is 1.44 bits per heavy atom. The first-order valence-corrected chi connectivity index (χ1v) is 6.70. The number of aryl methyl sites for hydroxylation is 1. The first-order valence-electron chi connectivity index (χ1n) is 5.82. The van der Waals surface area contributed by atoms with Crippen LogP contribution in [0.2, 0.25) is 0 Å². The van der Waals surface area contributed by atoms with E-state index >= 15 is 0 Å². The summed E-state index contributed by atoms with van der Waals surface area (Å²) in [6.45, 7) is 4.48. The second-order valence-corrected chi connectivity index (χ2v) is 5.39. The van der Waals surface area contributed by atoms with Gasteiger partial charge >= 0.3 is 0 Å². The van der Waals surface area contributed by atoms with Crippen LogP contribution in [-0.2, 0) is 6.54 Å². The van der Waals surface area contributed by atoms with Crippen LogP contribution >= 0.6 is 11.3 Å². The van der Waals surface area contributed by atoms with Crippen LogP contribution in [0, 0.1) is 6.92 Å². The molecule has 2 rings (SSSR count). The van der Waals surface area contributed by atoms with Crippen molar-refractivity contribution in [2.24, 2.45) is 0 Å². The van der Waals surface area contributed by atoms with Crippen molar-refractivity contribution >= 4 is 17.0 Å². The van der Waals surface area contributed by atoms with Gasteiger partial charge in [0.2, 0.25) is 0 Å². The van der Waals surface area contributed by atoms with Crippen LogP contribution in [0.1, 0.15) is 29.4 Å². The van der Waals surface area contributed by atoms with Crippen molar-refractivity contribution in [3.63, 3.8) is 0 Å². The number of aliphatic hydroxyl groups excluding tert-OH is 1. The number of rotatable bonds is 4. The SMILES string of the molecule is Cc1nc(CN(C)c2ccc([C@@H](C)O)nc2)cs1. The van der Waals surface area contributed by atoms with Crippen LogP contribution < -0.4 is 4.90 Å². The van der Waals surface area contributed by atoms with Gasteiger partial charge in [-0.25, -0.2) is 4.98 Å². The molecule has 0 unspecified atom stereocenters. The van der Waals surface area contributed by atoms with Gasteiger partial charge in [0.25, 0.3) is 0 Å². The highest BCUT2D eigenvalue weighted by molar-refractivity contribution is 7.09. The van der Waals surface area contributed by atoms with E-state index in [1.807, 2.05) is 26.1 Å². The largest absolute Gasteiger partial charge is 0.387 e. The summed E-state index contributed by atoms with van der Waals surface area (Å²) in [6, 6.07) is 3.82. The normalized spacial score (nSPS) is 12.4. The summed E-state index contributed by atoms with van der Waals surface area (Å²) in [4.78, 5) is 10.8. The Labute approximate surface area is 111 Å². The molecule has 0 saturated heterocycles. The lowest BCUT2D eigenvalue weighted by Crippen LogP contribution is -2.17. The summed E-state index contributed by atoms with van der Waals surface area (Å²) in [6.07, 6.45) is 1.26. The van der Waals surface area contributed by atoms with Crippen molar-refractivity contribution in [3.05, 3.63) is 40.1 Å². The van der Waals surface area contributed by atoms with E-state index in [0.29, 0.717) is 5.69 Å². The quantitative estimate of drug-likeness (QED) is 0.921. The summed E-state index contributed by atoms with van der Waals surface area (Å²) in [5.41, 5.74) is 2.78. The number of pyridine rings is 1. The fourth-order valence-corrected chi connectivity index (χ4v) is 2.29. The standard InChI is InChI=1S/C13H17N3OS/c1-9(17)13-5-4-12(6-14-13)16(3)7-11-8-18-10(2)15-11/h4-6,8-9,17H,7H2,1-3H3/t9-/m1/s1. The maximum absolute atomic E-state index is 9.41. The molecule has 0 aliphatic rings. The van der Waals surface area contributed by atoms with Gasteiger partial charge in [0.05, 0.1) is 40.9 Å². The third-order valence-corrected chi connectivity index (χ3v) is 3.53. The molecule has 0 amide bonds. The van der Waals surface area contributed by atoms with Gasteiger partial charge in [-0.05, 0) is 26.0 Å². The Bertz CT molecular complexity index is 507. The number of aliphatic hydroxyl groups is 1. The van der Waals surface area contributed by atoms with Crippen LogP contribution in [0.4, 0.5) is 5.69 Å². The van der Waals surface area contributed by atoms with Crippen molar-refractivity contribution in [2.45, 2.75) is 26.5 Å². The molecule has 0 aliphatic carbocycles. The number of anilines is 1. The summed E-state index contributed by atoms with van der Waals surface area (Å²) in [5, 5.41) is 12.6. The fourth-order valence-electron chi connectivity index (χ4n) is 1.69. The van der Waals surface area contributed by atoms with Crippen molar-refractivity contribution in [3.8, 4) is 0 Å². The van der Waals surface area contributed by atoms with Gasteiger partial charge in [-0.2, -0.15) is 0 Å². The van der Waals surface area contributed by atoms with E-state index in [9.17, 15) is 5.11 Å². The van der Waals surface area contributed by atoms with Crippen LogP contribution in [0.3, 0.4) is 0 Å². The maximum atomic E-state index is 9.41. The van der Waals surface area contributed by atoms with E-state index in [1.54, 1.807) is 24.5 Å². The highest BCUT2D eigenvalue weighted by Crippen LogP contribution is 2.18. The van der Waals surface area contributed by atoms with Gasteiger partial charge in [-0.1, -0.05) is 0 Å². The monoisotopic (exact) mass is 263 g/mol. The van der Waals surface area contributed by atoms with Crippen molar-refractivity contribution < 1.29 is 5.11 Å². The van der Waals surface area contributed by atoms with Crippen molar-refractivity contribution in [1.29, 1.82) is 0 Å². The fraction of sp³-hybridized carbons (Fsp3) is 0.385. The van der Waals surface area contributed by atoms with Gasteiger partial charge in [-0.15, -0.1) is 11.3 Å². The first-order chi connectivity index (χ1) is 8.56. The minimum Gasteiger partial charge on any atom is -0.387 e. The lowest BCUT2D eigenvalue weighted by Gasteiger charge is -2.18. The van der Waals surface area contributed by atoms with Crippen LogP contribution in [0.15, 0.2) is 23.7 Å². The molecule has 96 valence electrons. The zero-order valence-electron chi connectivity index (χ0n) is 10.8.